The van der Waals surface area contributed by atoms with Gasteiger partial charge in [0.25, 0.3) is 0 Å². The first kappa shape index (κ1) is 17.4. The van der Waals surface area contributed by atoms with Gasteiger partial charge in [0.05, 0.1) is 11.6 Å². The van der Waals surface area contributed by atoms with Crippen molar-refractivity contribution in [3.63, 3.8) is 0 Å². The van der Waals surface area contributed by atoms with E-state index in [-0.39, 0.29) is 5.82 Å². The Kier molecular flexibility index (Phi) is 5.33. The number of benzene rings is 1. The van der Waals surface area contributed by atoms with Crippen LogP contribution in [0.1, 0.15) is 21.2 Å². The summed E-state index contributed by atoms with van der Waals surface area (Å²) in [6.07, 6.45) is 2.74. The normalized spacial score (nSPS) is 11.9. The lowest BCUT2D eigenvalue weighted by molar-refractivity contribution is 0.534. The summed E-state index contributed by atoms with van der Waals surface area (Å²) in [6.45, 7) is 5.22. The van der Waals surface area contributed by atoms with Crippen LogP contribution in [0.5, 0.6) is 0 Å². The highest BCUT2D eigenvalue weighted by molar-refractivity contribution is 7.11. The number of thiazole rings is 1. The van der Waals surface area contributed by atoms with Gasteiger partial charge in [0.1, 0.15) is 17.2 Å². The Labute approximate surface area is 150 Å². The van der Waals surface area contributed by atoms with Crippen LogP contribution in [0, 0.1) is 19.7 Å². The van der Waals surface area contributed by atoms with Crippen molar-refractivity contribution in [2.75, 3.05) is 13.6 Å². The molecule has 3 rings (SSSR count). The van der Waals surface area contributed by atoms with Crippen LogP contribution in [-0.4, -0.2) is 24.5 Å². The summed E-state index contributed by atoms with van der Waals surface area (Å²) in [5.74, 6) is 1.21. The molecule has 0 atom stereocenters. The van der Waals surface area contributed by atoms with Gasteiger partial charge in [0, 0.05) is 42.0 Å². The van der Waals surface area contributed by atoms with Crippen molar-refractivity contribution in [3.05, 3.63) is 51.4 Å². The topological polar surface area (TPSA) is 62.5 Å². The van der Waals surface area contributed by atoms with Gasteiger partial charge in [-0.3, -0.25) is 4.99 Å². The Balaban J connectivity index is 1.57. The fourth-order valence-corrected chi connectivity index (χ4v) is 3.39. The van der Waals surface area contributed by atoms with Gasteiger partial charge in [-0.25, -0.2) is 9.37 Å². The number of nitrogens with zero attached hydrogens (tertiary/aromatic N) is 2. The molecule has 2 heterocycles. The van der Waals surface area contributed by atoms with E-state index in [0.29, 0.717) is 18.1 Å². The Morgan fingerprint density at radius 2 is 2.16 bits per heavy atom. The molecule has 0 saturated carbocycles. The fraction of sp³-hybridized carbons (Fsp3) is 0.333. The van der Waals surface area contributed by atoms with E-state index in [4.69, 9.17) is 4.42 Å². The van der Waals surface area contributed by atoms with Crippen molar-refractivity contribution in [1.29, 1.82) is 0 Å². The number of nitrogens with one attached hydrogen (secondary N) is 2. The van der Waals surface area contributed by atoms with Crippen LogP contribution in [-0.2, 0) is 13.0 Å². The van der Waals surface area contributed by atoms with Gasteiger partial charge in [-0.1, -0.05) is 0 Å². The third-order valence-electron chi connectivity index (χ3n) is 3.94. The first-order valence-electron chi connectivity index (χ1n) is 8.10. The molecule has 0 radical (unpaired) electrons. The molecule has 0 bridgehead atoms. The van der Waals surface area contributed by atoms with E-state index in [9.17, 15) is 4.39 Å². The summed E-state index contributed by atoms with van der Waals surface area (Å²) in [4.78, 5) is 9.78. The van der Waals surface area contributed by atoms with Gasteiger partial charge in [-0.05, 0) is 32.0 Å². The Hall–Kier alpha value is -2.41. The largest absolute Gasteiger partial charge is 0.459 e. The van der Waals surface area contributed by atoms with Crippen molar-refractivity contribution in [2.24, 2.45) is 4.99 Å². The lowest BCUT2D eigenvalue weighted by Gasteiger charge is -2.10. The molecule has 3 aromatic rings. The van der Waals surface area contributed by atoms with E-state index in [1.54, 1.807) is 24.5 Å². The average molecular weight is 360 g/mol. The third-order valence-corrected chi connectivity index (χ3v) is 4.91. The summed E-state index contributed by atoms with van der Waals surface area (Å²) in [6, 6.07) is 4.56. The number of fused-ring (bicyclic) bond motifs is 1. The number of furan rings is 1. The third kappa shape index (κ3) is 4.17. The van der Waals surface area contributed by atoms with Crippen LogP contribution in [0.4, 0.5) is 4.39 Å². The summed E-state index contributed by atoms with van der Waals surface area (Å²) in [5, 5.41) is 8.40. The Bertz CT molecular complexity index is 900. The number of guanidine groups is 1. The molecular weight excluding hydrogens is 339 g/mol. The zero-order valence-electron chi connectivity index (χ0n) is 14.5. The number of halogens is 1. The molecule has 132 valence electrons. The molecular formula is C18H21FN4OS. The van der Waals surface area contributed by atoms with Crippen molar-refractivity contribution < 1.29 is 8.81 Å². The molecule has 0 aliphatic heterocycles. The second kappa shape index (κ2) is 7.65. The van der Waals surface area contributed by atoms with Crippen LogP contribution in [0.2, 0.25) is 0 Å². The molecule has 0 saturated heterocycles. The highest BCUT2D eigenvalue weighted by Gasteiger charge is 2.11. The van der Waals surface area contributed by atoms with Crippen molar-refractivity contribution >= 4 is 28.3 Å². The predicted octanol–water partition coefficient (Wildman–Crippen LogP) is 3.55. The van der Waals surface area contributed by atoms with E-state index in [0.717, 1.165) is 34.7 Å². The predicted molar refractivity (Wildman–Crippen MR) is 99.7 cm³/mol. The smallest absolute Gasteiger partial charge is 0.191 e. The molecule has 7 heteroatoms. The highest BCUT2D eigenvalue weighted by Crippen LogP contribution is 2.25. The monoisotopic (exact) mass is 360 g/mol. The van der Waals surface area contributed by atoms with Crippen LogP contribution in [0.25, 0.3) is 11.0 Å². The molecule has 0 aliphatic rings. The van der Waals surface area contributed by atoms with Crippen molar-refractivity contribution in [1.82, 2.24) is 15.6 Å². The quantitative estimate of drug-likeness (QED) is 0.539. The maximum Gasteiger partial charge on any atom is 0.191 e. The standard InChI is InChI=1S/C18H21FN4OS/c1-11-9-22-17(25-11)6-7-21-18(20-3)23-10-16-12(2)14-8-13(19)4-5-15(14)24-16/h4-5,8-9H,6-7,10H2,1-3H3,(H2,20,21,23). The molecule has 2 aromatic heterocycles. The number of aryl methyl sites for hydroxylation is 2. The molecule has 2 N–H and O–H groups in total. The molecule has 0 fully saturated rings. The maximum absolute atomic E-state index is 13.4. The Morgan fingerprint density at radius 3 is 2.88 bits per heavy atom. The zero-order valence-corrected chi connectivity index (χ0v) is 15.3. The second-order valence-corrected chi connectivity index (χ2v) is 7.08. The molecule has 0 unspecified atom stereocenters. The molecule has 5 nitrogen and oxygen atoms in total. The number of hydrogen-bond acceptors (Lipinski definition) is 4. The zero-order chi connectivity index (χ0) is 17.8. The molecule has 0 spiro atoms. The van der Waals surface area contributed by atoms with Gasteiger partial charge in [-0.15, -0.1) is 11.3 Å². The van der Waals surface area contributed by atoms with E-state index in [1.807, 2.05) is 13.1 Å². The van der Waals surface area contributed by atoms with E-state index in [2.05, 4.69) is 27.5 Å². The van der Waals surface area contributed by atoms with Gasteiger partial charge in [0.2, 0.25) is 0 Å². The minimum Gasteiger partial charge on any atom is -0.459 e. The van der Waals surface area contributed by atoms with Crippen LogP contribution in [0.3, 0.4) is 0 Å². The lowest BCUT2D eigenvalue weighted by atomic mass is 10.1. The molecule has 0 amide bonds. The highest BCUT2D eigenvalue weighted by atomic mass is 32.1. The minimum atomic E-state index is -0.259. The van der Waals surface area contributed by atoms with Gasteiger partial charge in [-0.2, -0.15) is 0 Å². The van der Waals surface area contributed by atoms with E-state index in [1.165, 1.54) is 17.0 Å². The number of rotatable bonds is 5. The number of aliphatic imine (C=N–C) groups is 1. The van der Waals surface area contributed by atoms with E-state index < -0.39 is 0 Å². The van der Waals surface area contributed by atoms with Gasteiger partial charge < -0.3 is 15.1 Å². The van der Waals surface area contributed by atoms with Gasteiger partial charge in [0.15, 0.2) is 5.96 Å². The molecule has 1 aromatic carbocycles. The van der Waals surface area contributed by atoms with Gasteiger partial charge >= 0.3 is 0 Å². The molecule has 25 heavy (non-hydrogen) atoms. The summed E-state index contributed by atoms with van der Waals surface area (Å²) >= 11 is 1.71. The first-order valence-corrected chi connectivity index (χ1v) is 8.92. The average Bonchev–Trinajstić information content (AvgIpc) is 3.15. The molecule has 0 aliphatic carbocycles. The van der Waals surface area contributed by atoms with Crippen LogP contribution < -0.4 is 10.6 Å². The Morgan fingerprint density at radius 1 is 1.32 bits per heavy atom. The lowest BCUT2D eigenvalue weighted by Crippen LogP contribution is -2.37. The first-order chi connectivity index (χ1) is 12.1. The van der Waals surface area contributed by atoms with Crippen molar-refractivity contribution in [2.45, 2.75) is 26.8 Å². The maximum atomic E-state index is 13.4. The fourth-order valence-electron chi connectivity index (χ4n) is 2.60. The number of aromatic nitrogens is 1. The summed E-state index contributed by atoms with van der Waals surface area (Å²) in [7, 11) is 1.73. The SMILES string of the molecule is CN=C(NCCc1ncc(C)s1)NCc1oc2ccc(F)cc2c1C. The second-order valence-electron chi connectivity index (χ2n) is 5.76. The van der Waals surface area contributed by atoms with Crippen LogP contribution >= 0.6 is 11.3 Å². The number of hydrogen-bond donors (Lipinski definition) is 2. The van der Waals surface area contributed by atoms with Crippen molar-refractivity contribution in [3.8, 4) is 0 Å². The van der Waals surface area contributed by atoms with Crippen LogP contribution in [0.15, 0.2) is 33.8 Å². The van der Waals surface area contributed by atoms with E-state index >= 15 is 0 Å². The summed E-state index contributed by atoms with van der Waals surface area (Å²) in [5.41, 5.74) is 1.63. The summed E-state index contributed by atoms with van der Waals surface area (Å²) < 4.78 is 19.2. The minimum absolute atomic E-state index is 0.259.